The summed E-state index contributed by atoms with van der Waals surface area (Å²) in [6.07, 6.45) is -0.383. The van der Waals surface area contributed by atoms with Gasteiger partial charge in [0.05, 0.1) is 5.54 Å². The Labute approximate surface area is 97.6 Å². The first-order valence-corrected chi connectivity index (χ1v) is 5.50. The molecule has 0 spiro atoms. The molecule has 1 amide bonds. The molecule has 1 aliphatic rings. The topological polar surface area (TPSA) is 41.6 Å². The first-order valence-electron chi connectivity index (χ1n) is 5.50. The van der Waals surface area contributed by atoms with E-state index in [4.69, 9.17) is 4.74 Å². The SMILES string of the molecule is C=C1CN(C)C[C@@]1(C)NC(=O)OC(C)(C)C. The molecule has 0 unspecified atom stereocenters. The van der Waals surface area contributed by atoms with Crippen molar-refractivity contribution in [3.8, 4) is 0 Å². The van der Waals surface area contributed by atoms with E-state index in [1.165, 1.54) is 0 Å². The molecule has 4 nitrogen and oxygen atoms in total. The minimum absolute atomic E-state index is 0.378. The standard InChI is InChI=1S/C12H22N2O2/c1-9-7-14(6)8-12(9,5)13-10(15)16-11(2,3)4/h1,7-8H2,2-6H3,(H,13,15)/t12-/m1/s1. The van der Waals surface area contributed by atoms with E-state index in [1.54, 1.807) is 0 Å². The number of rotatable bonds is 1. The van der Waals surface area contributed by atoms with E-state index in [2.05, 4.69) is 16.8 Å². The Kier molecular flexibility index (Phi) is 3.33. The fraction of sp³-hybridized carbons (Fsp3) is 0.750. The molecule has 0 aromatic carbocycles. The van der Waals surface area contributed by atoms with E-state index in [0.717, 1.165) is 18.7 Å². The molecule has 1 fully saturated rings. The van der Waals surface area contributed by atoms with E-state index in [9.17, 15) is 4.79 Å². The molecule has 1 N–H and O–H groups in total. The molecule has 1 aliphatic heterocycles. The second-order valence-corrected chi connectivity index (χ2v) is 5.73. The fourth-order valence-corrected chi connectivity index (χ4v) is 1.86. The van der Waals surface area contributed by atoms with Crippen molar-refractivity contribution >= 4 is 6.09 Å². The van der Waals surface area contributed by atoms with E-state index in [0.29, 0.717) is 0 Å². The third-order valence-corrected chi connectivity index (χ3v) is 2.60. The monoisotopic (exact) mass is 226 g/mol. The summed E-state index contributed by atoms with van der Waals surface area (Å²) in [5.41, 5.74) is 0.171. The molecule has 92 valence electrons. The molecule has 0 aromatic heterocycles. The summed E-state index contributed by atoms with van der Waals surface area (Å²) in [5, 5.41) is 2.89. The lowest BCUT2D eigenvalue weighted by molar-refractivity contribution is 0.0481. The third kappa shape index (κ3) is 3.23. The Morgan fingerprint density at radius 3 is 2.50 bits per heavy atom. The summed E-state index contributed by atoms with van der Waals surface area (Å²) in [5.74, 6) is 0. The number of alkyl carbamates (subject to hydrolysis) is 1. The van der Waals surface area contributed by atoms with Gasteiger partial charge in [-0.3, -0.25) is 4.90 Å². The number of ether oxygens (including phenoxy) is 1. The minimum atomic E-state index is -0.466. The van der Waals surface area contributed by atoms with Crippen LogP contribution in [-0.2, 0) is 4.74 Å². The molecule has 1 atom stereocenters. The van der Waals surface area contributed by atoms with E-state index >= 15 is 0 Å². The molecule has 16 heavy (non-hydrogen) atoms. The van der Waals surface area contributed by atoms with Gasteiger partial charge in [-0.15, -0.1) is 0 Å². The number of hydrogen-bond donors (Lipinski definition) is 1. The summed E-state index contributed by atoms with van der Waals surface area (Å²) >= 11 is 0. The van der Waals surface area contributed by atoms with Crippen molar-refractivity contribution in [3.63, 3.8) is 0 Å². The number of nitrogens with one attached hydrogen (secondary N) is 1. The normalized spacial score (nSPS) is 26.9. The van der Waals surface area contributed by atoms with Gasteiger partial charge in [-0.05, 0) is 40.3 Å². The Morgan fingerprint density at radius 1 is 1.56 bits per heavy atom. The van der Waals surface area contributed by atoms with Crippen LogP contribution in [0.1, 0.15) is 27.7 Å². The summed E-state index contributed by atoms with van der Waals surface area (Å²) in [6, 6.07) is 0. The predicted molar refractivity (Wildman–Crippen MR) is 64.4 cm³/mol. The average molecular weight is 226 g/mol. The Balaban J connectivity index is 2.60. The van der Waals surface area contributed by atoms with Gasteiger partial charge in [0.25, 0.3) is 0 Å². The smallest absolute Gasteiger partial charge is 0.408 e. The highest BCUT2D eigenvalue weighted by atomic mass is 16.6. The number of nitrogens with zero attached hydrogens (tertiary/aromatic N) is 1. The second kappa shape index (κ2) is 4.09. The van der Waals surface area contributed by atoms with Crippen LogP contribution < -0.4 is 5.32 Å². The van der Waals surface area contributed by atoms with Crippen LogP contribution in [0.3, 0.4) is 0 Å². The quantitative estimate of drug-likeness (QED) is 0.693. The van der Waals surface area contributed by atoms with Crippen molar-refractivity contribution in [2.75, 3.05) is 20.1 Å². The Morgan fingerprint density at radius 2 is 2.12 bits per heavy atom. The molecule has 0 saturated carbocycles. The van der Waals surface area contributed by atoms with Crippen molar-refractivity contribution in [3.05, 3.63) is 12.2 Å². The van der Waals surface area contributed by atoms with Gasteiger partial charge in [0, 0.05) is 13.1 Å². The summed E-state index contributed by atoms with van der Waals surface area (Å²) < 4.78 is 5.24. The lowest BCUT2D eigenvalue weighted by Crippen LogP contribution is -2.50. The van der Waals surface area contributed by atoms with Gasteiger partial charge in [0.1, 0.15) is 5.60 Å². The van der Waals surface area contributed by atoms with Gasteiger partial charge in [-0.1, -0.05) is 6.58 Å². The van der Waals surface area contributed by atoms with Gasteiger partial charge >= 0.3 is 6.09 Å². The predicted octanol–water partition coefficient (Wildman–Crippen LogP) is 1.77. The van der Waals surface area contributed by atoms with Crippen LogP contribution in [0.2, 0.25) is 0 Å². The minimum Gasteiger partial charge on any atom is -0.444 e. The largest absolute Gasteiger partial charge is 0.444 e. The highest BCUT2D eigenvalue weighted by Gasteiger charge is 2.37. The maximum atomic E-state index is 11.7. The number of likely N-dealkylation sites (tertiary alicyclic amines) is 1. The Hall–Kier alpha value is -1.03. The second-order valence-electron chi connectivity index (χ2n) is 5.73. The maximum Gasteiger partial charge on any atom is 0.408 e. The molecule has 1 saturated heterocycles. The van der Waals surface area contributed by atoms with Gasteiger partial charge in [-0.25, -0.2) is 4.79 Å². The van der Waals surface area contributed by atoms with Crippen LogP contribution in [-0.4, -0.2) is 42.3 Å². The van der Waals surface area contributed by atoms with Crippen molar-refractivity contribution in [1.29, 1.82) is 0 Å². The van der Waals surface area contributed by atoms with Crippen molar-refractivity contribution in [2.24, 2.45) is 0 Å². The zero-order valence-corrected chi connectivity index (χ0v) is 10.9. The molecule has 0 aromatic rings. The van der Waals surface area contributed by atoms with Gasteiger partial charge in [0.15, 0.2) is 0 Å². The average Bonchev–Trinajstić information content (AvgIpc) is 2.19. The number of hydrogen-bond acceptors (Lipinski definition) is 3. The van der Waals surface area contributed by atoms with Gasteiger partial charge < -0.3 is 10.1 Å². The van der Waals surface area contributed by atoms with Crippen molar-refractivity contribution in [2.45, 2.75) is 38.8 Å². The Bertz CT molecular complexity index is 307. The first kappa shape index (κ1) is 13.0. The molecule has 0 bridgehead atoms. The number of carbonyl (C=O) groups is 1. The fourth-order valence-electron chi connectivity index (χ4n) is 1.86. The molecule has 0 radical (unpaired) electrons. The number of amides is 1. The van der Waals surface area contributed by atoms with E-state index in [1.807, 2.05) is 34.7 Å². The molecule has 1 rings (SSSR count). The molecule has 4 heteroatoms. The van der Waals surface area contributed by atoms with Crippen LogP contribution in [0, 0.1) is 0 Å². The maximum absolute atomic E-state index is 11.7. The first-order chi connectivity index (χ1) is 7.12. The molecular weight excluding hydrogens is 204 g/mol. The third-order valence-electron chi connectivity index (χ3n) is 2.60. The summed E-state index contributed by atoms with van der Waals surface area (Å²) in [7, 11) is 2.01. The molecule has 1 heterocycles. The van der Waals surface area contributed by atoms with Crippen LogP contribution in [0.25, 0.3) is 0 Å². The molecular formula is C12H22N2O2. The zero-order chi connectivity index (χ0) is 12.6. The van der Waals surface area contributed by atoms with Crippen molar-refractivity contribution < 1.29 is 9.53 Å². The van der Waals surface area contributed by atoms with Gasteiger partial charge in [-0.2, -0.15) is 0 Å². The summed E-state index contributed by atoms with van der Waals surface area (Å²) in [6.45, 7) is 13.1. The number of carbonyl (C=O) groups excluding carboxylic acids is 1. The highest BCUT2D eigenvalue weighted by molar-refractivity contribution is 5.69. The van der Waals surface area contributed by atoms with E-state index in [-0.39, 0.29) is 11.6 Å². The molecule has 0 aliphatic carbocycles. The lowest BCUT2D eigenvalue weighted by Gasteiger charge is -2.29. The van der Waals surface area contributed by atoms with Crippen LogP contribution in [0.5, 0.6) is 0 Å². The van der Waals surface area contributed by atoms with Gasteiger partial charge in [0.2, 0.25) is 0 Å². The number of likely N-dealkylation sites (N-methyl/N-ethyl adjacent to an activating group) is 1. The highest BCUT2D eigenvalue weighted by Crippen LogP contribution is 2.24. The van der Waals surface area contributed by atoms with Crippen LogP contribution in [0.15, 0.2) is 12.2 Å². The lowest BCUT2D eigenvalue weighted by atomic mass is 9.97. The van der Waals surface area contributed by atoms with Crippen LogP contribution in [0.4, 0.5) is 4.79 Å². The van der Waals surface area contributed by atoms with Crippen molar-refractivity contribution in [1.82, 2.24) is 10.2 Å². The zero-order valence-electron chi connectivity index (χ0n) is 10.9. The van der Waals surface area contributed by atoms with Crippen LogP contribution >= 0.6 is 0 Å². The summed E-state index contributed by atoms with van der Waals surface area (Å²) in [4.78, 5) is 13.8. The van der Waals surface area contributed by atoms with E-state index < -0.39 is 5.60 Å².